The molecule has 1 heterocycles. The summed E-state index contributed by atoms with van der Waals surface area (Å²) in [7, 11) is 0. The number of rotatable bonds is 7. The maximum Gasteiger partial charge on any atom is 0.225 e. The van der Waals surface area contributed by atoms with Gasteiger partial charge in [0.05, 0.1) is 13.2 Å². The Hall–Kier alpha value is -0.610. The van der Waals surface area contributed by atoms with Gasteiger partial charge in [-0.25, -0.2) is 0 Å². The standard InChI is InChI=1S/C11H20ClN3O/c1-4-5-10-13-14-11(12)15(10)6-7-16-8-9(2)3/h9H,4-8H2,1-3H3. The van der Waals surface area contributed by atoms with Gasteiger partial charge >= 0.3 is 0 Å². The maximum atomic E-state index is 5.96. The van der Waals surface area contributed by atoms with Crippen molar-refractivity contribution >= 4 is 11.6 Å². The second kappa shape index (κ2) is 6.86. The van der Waals surface area contributed by atoms with Gasteiger partial charge < -0.3 is 4.74 Å². The van der Waals surface area contributed by atoms with Gasteiger partial charge in [0.1, 0.15) is 5.82 Å². The van der Waals surface area contributed by atoms with Crippen LogP contribution in [0.15, 0.2) is 0 Å². The molecule has 0 aromatic carbocycles. The van der Waals surface area contributed by atoms with Crippen LogP contribution in [0, 0.1) is 5.92 Å². The summed E-state index contributed by atoms with van der Waals surface area (Å²) in [6.07, 6.45) is 1.95. The van der Waals surface area contributed by atoms with Crippen molar-refractivity contribution in [2.45, 2.75) is 40.2 Å². The number of hydrogen-bond donors (Lipinski definition) is 0. The molecule has 0 unspecified atom stereocenters. The third-order valence-corrected chi connectivity index (χ3v) is 2.45. The summed E-state index contributed by atoms with van der Waals surface area (Å²) >= 11 is 5.96. The van der Waals surface area contributed by atoms with Gasteiger partial charge in [0.2, 0.25) is 5.28 Å². The monoisotopic (exact) mass is 245 g/mol. The van der Waals surface area contributed by atoms with Crippen molar-refractivity contribution in [1.29, 1.82) is 0 Å². The Bertz CT molecular complexity index is 312. The highest BCUT2D eigenvalue weighted by Crippen LogP contribution is 2.09. The van der Waals surface area contributed by atoms with Crippen LogP contribution in [0.2, 0.25) is 5.28 Å². The SMILES string of the molecule is CCCc1nnc(Cl)n1CCOCC(C)C. The molecule has 5 heteroatoms. The average molecular weight is 246 g/mol. The molecule has 0 atom stereocenters. The predicted octanol–water partition coefficient (Wildman–Crippen LogP) is 2.56. The Labute approximate surface area is 102 Å². The fourth-order valence-electron chi connectivity index (χ4n) is 1.42. The third-order valence-electron chi connectivity index (χ3n) is 2.17. The molecular weight excluding hydrogens is 226 g/mol. The second-order valence-electron chi connectivity index (χ2n) is 4.26. The van der Waals surface area contributed by atoms with Gasteiger partial charge in [-0.15, -0.1) is 10.2 Å². The van der Waals surface area contributed by atoms with Crippen LogP contribution in [0.1, 0.15) is 33.0 Å². The van der Waals surface area contributed by atoms with Gasteiger partial charge in [0, 0.05) is 13.0 Å². The van der Waals surface area contributed by atoms with E-state index < -0.39 is 0 Å². The first-order chi connectivity index (χ1) is 7.65. The van der Waals surface area contributed by atoms with E-state index in [0.29, 0.717) is 17.8 Å². The topological polar surface area (TPSA) is 39.9 Å². The minimum absolute atomic E-state index is 0.455. The van der Waals surface area contributed by atoms with Crippen molar-refractivity contribution in [3.8, 4) is 0 Å². The van der Waals surface area contributed by atoms with Crippen LogP contribution in [0.4, 0.5) is 0 Å². The van der Waals surface area contributed by atoms with Gasteiger partial charge in [0.25, 0.3) is 0 Å². The Morgan fingerprint density at radius 2 is 2.12 bits per heavy atom. The van der Waals surface area contributed by atoms with Gasteiger partial charge in [-0.2, -0.15) is 0 Å². The number of aryl methyl sites for hydroxylation is 1. The maximum absolute atomic E-state index is 5.96. The van der Waals surface area contributed by atoms with E-state index in [1.165, 1.54) is 0 Å². The Balaban J connectivity index is 2.42. The van der Waals surface area contributed by atoms with Crippen molar-refractivity contribution in [1.82, 2.24) is 14.8 Å². The Morgan fingerprint density at radius 3 is 2.75 bits per heavy atom. The number of ether oxygens (including phenoxy) is 1. The first-order valence-electron chi connectivity index (χ1n) is 5.80. The van der Waals surface area contributed by atoms with E-state index in [4.69, 9.17) is 16.3 Å². The average Bonchev–Trinajstić information content (AvgIpc) is 2.56. The molecule has 1 aromatic heterocycles. The summed E-state index contributed by atoms with van der Waals surface area (Å²) in [5.74, 6) is 1.51. The summed E-state index contributed by atoms with van der Waals surface area (Å²) in [5.41, 5.74) is 0. The van der Waals surface area contributed by atoms with E-state index in [2.05, 4.69) is 31.0 Å². The third kappa shape index (κ3) is 4.10. The number of hydrogen-bond acceptors (Lipinski definition) is 3. The molecule has 0 amide bonds. The second-order valence-corrected chi connectivity index (χ2v) is 4.59. The molecule has 92 valence electrons. The lowest BCUT2D eigenvalue weighted by atomic mass is 10.2. The molecule has 0 aliphatic rings. The molecule has 0 saturated heterocycles. The van der Waals surface area contributed by atoms with Crippen molar-refractivity contribution < 1.29 is 4.74 Å². The van der Waals surface area contributed by atoms with Crippen LogP contribution in [0.5, 0.6) is 0 Å². The lowest BCUT2D eigenvalue weighted by Gasteiger charge is -2.09. The predicted molar refractivity (Wildman–Crippen MR) is 64.7 cm³/mol. The van der Waals surface area contributed by atoms with E-state index in [0.717, 1.165) is 31.8 Å². The molecule has 0 saturated carbocycles. The lowest BCUT2D eigenvalue weighted by molar-refractivity contribution is 0.102. The quantitative estimate of drug-likeness (QED) is 0.693. The number of aromatic nitrogens is 3. The van der Waals surface area contributed by atoms with Crippen LogP contribution < -0.4 is 0 Å². The highest BCUT2D eigenvalue weighted by atomic mass is 35.5. The first-order valence-corrected chi connectivity index (χ1v) is 6.18. The minimum Gasteiger partial charge on any atom is -0.379 e. The fraction of sp³-hybridized carbons (Fsp3) is 0.818. The van der Waals surface area contributed by atoms with Crippen LogP contribution in [0.25, 0.3) is 0 Å². The van der Waals surface area contributed by atoms with Crippen molar-refractivity contribution in [2.75, 3.05) is 13.2 Å². The number of halogens is 1. The molecule has 16 heavy (non-hydrogen) atoms. The van der Waals surface area contributed by atoms with Gasteiger partial charge in [-0.3, -0.25) is 4.57 Å². The molecule has 0 aliphatic carbocycles. The van der Waals surface area contributed by atoms with Crippen LogP contribution in [-0.2, 0) is 17.7 Å². The molecule has 0 radical (unpaired) electrons. The van der Waals surface area contributed by atoms with Crippen LogP contribution in [0.3, 0.4) is 0 Å². The molecule has 1 aromatic rings. The number of nitrogens with zero attached hydrogens (tertiary/aromatic N) is 3. The minimum atomic E-state index is 0.455. The van der Waals surface area contributed by atoms with E-state index in [9.17, 15) is 0 Å². The normalized spacial score (nSPS) is 11.3. The summed E-state index contributed by atoms with van der Waals surface area (Å²) in [4.78, 5) is 0. The molecule has 0 aliphatic heterocycles. The first kappa shape index (κ1) is 13.5. The molecule has 1 rings (SSSR count). The molecule has 4 nitrogen and oxygen atoms in total. The van der Waals surface area contributed by atoms with Crippen molar-refractivity contribution in [2.24, 2.45) is 5.92 Å². The van der Waals surface area contributed by atoms with E-state index in [1.807, 2.05) is 4.57 Å². The molecule has 0 bridgehead atoms. The van der Waals surface area contributed by atoms with Gasteiger partial charge in [-0.1, -0.05) is 20.8 Å². The van der Waals surface area contributed by atoms with Crippen molar-refractivity contribution in [3.63, 3.8) is 0 Å². The van der Waals surface area contributed by atoms with Gasteiger partial charge in [-0.05, 0) is 23.9 Å². The summed E-state index contributed by atoms with van der Waals surface area (Å²) in [5, 5.41) is 8.37. The largest absolute Gasteiger partial charge is 0.379 e. The smallest absolute Gasteiger partial charge is 0.225 e. The summed E-state index contributed by atoms with van der Waals surface area (Å²) in [6.45, 7) is 8.55. The fourth-order valence-corrected chi connectivity index (χ4v) is 1.64. The Kier molecular flexibility index (Phi) is 5.77. The molecule has 0 fully saturated rings. The zero-order chi connectivity index (χ0) is 12.0. The molecule has 0 N–H and O–H groups in total. The highest BCUT2D eigenvalue weighted by molar-refractivity contribution is 6.28. The lowest BCUT2D eigenvalue weighted by Crippen LogP contribution is -2.12. The highest BCUT2D eigenvalue weighted by Gasteiger charge is 2.08. The van der Waals surface area contributed by atoms with Crippen LogP contribution in [-0.4, -0.2) is 28.0 Å². The van der Waals surface area contributed by atoms with E-state index >= 15 is 0 Å². The van der Waals surface area contributed by atoms with E-state index in [1.54, 1.807) is 0 Å². The summed E-state index contributed by atoms with van der Waals surface area (Å²) < 4.78 is 7.44. The van der Waals surface area contributed by atoms with Crippen LogP contribution >= 0.6 is 11.6 Å². The van der Waals surface area contributed by atoms with E-state index in [-0.39, 0.29) is 0 Å². The summed E-state index contributed by atoms with van der Waals surface area (Å²) in [6, 6.07) is 0. The Morgan fingerprint density at radius 1 is 1.38 bits per heavy atom. The van der Waals surface area contributed by atoms with Crippen molar-refractivity contribution in [3.05, 3.63) is 11.1 Å². The molecular formula is C11H20ClN3O. The molecule has 0 spiro atoms. The van der Waals surface area contributed by atoms with Gasteiger partial charge in [0.15, 0.2) is 0 Å². The zero-order valence-electron chi connectivity index (χ0n) is 10.2. The zero-order valence-corrected chi connectivity index (χ0v) is 11.0.